The van der Waals surface area contributed by atoms with Gasteiger partial charge in [0.25, 0.3) is 0 Å². The summed E-state index contributed by atoms with van der Waals surface area (Å²) in [4.78, 5) is 10.4. The summed E-state index contributed by atoms with van der Waals surface area (Å²) in [5.41, 5.74) is -3.26. The Morgan fingerprint density at radius 2 is 1.48 bits per heavy atom. The number of nitrogens with zero attached hydrogens (tertiary/aromatic N) is 1. The van der Waals surface area contributed by atoms with E-state index < -0.39 is 50.9 Å². The van der Waals surface area contributed by atoms with E-state index in [4.69, 9.17) is 4.74 Å². The van der Waals surface area contributed by atoms with Gasteiger partial charge in [-0.1, -0.05) is 35.5 Å². The minimum atomic E-state index is -5.25. The molecule has 2 aromatic rings. The van der Waals surface area contributed by atoms with Crippen LogP contribution in [-0.4, -0.2) is 26.7 Å². The molecule has 0 aliphatic rings. The maximum absolute atomic E-state index is 13.0. The first-order valence-electron chi connectivity index (χ1n) is 9.21. The molecule has 0 bridgehead atoms. The second-order valence-corrected chi connectivity index (χ2v) is 8.10. The fraction of sp³-hybridized carbons (Fsp3) is 0.300. The van der Waals surface area contributed by atoms with Gasteiger partial charge in [-0.25, -0.2) is 0 Å². The summed E-state index contributed by atoms with van der Waals surface area (Å²) in [7, 11) is -5.20. The van der Waals surface area contributed by atoms with Crippen LogP contribution in [0.25, 0.3) is 0 Å². The van der Waals surface area contributed by atoms with Gasteiger partial charge in [0.05, 0.1) is 29.9 Å². The molecule has 2 aromatic carbocycles. The lowest BCUT2D eigenvalue weighted by atomic mass is 10.1. The summed E-state index contributed by atoms with van der Waals surface area (Å²) in [6, 6.07) is 8.02. The summed E-state index contributed by atoms with van der Waals surface area (Å²) >= 11 is 0. The second kappa shape index (κ2) is 10.2. The van der Waals surface area contributed by atoms with Crippen LogP contribution in [-0.2, 0) is 42.7 Å². The van der Waals surface area contributed by atoms with Gasteiger partial charge in [-0.05, 0) is 30.7 Å². The zero-order valence-corrected chi connectivity index (χ0v) is 17.7. The third-order valence-corrected chi connectivity index (χ3v) is 5.10. The number of oxime groups is 1. The van der Waals surface area contributed by atoms with E-state index in [-0.39, 0.29) is 36.9 Å². The molecule has 2 rings (SSSR count). The Hall–Kier alpha value is -3.09. The summed E-state index contributed by atoms with van der Waals surface area (Å²) < 4.78 is 112. The molecule has 0 aliphatic heterocycles. The maximum atomic E-state index is 13.0. The molecule has 0 spiro atoms. The average Bonchev–Trinajstić information content (AvgIpc) is 2.71. The number of rotatable bonds is 8. The predicted octanol–water partition coefficient (Wildman–Crippen LogP) is 4.98. The molecule has 0 saturated heterocycles. The number of ether oxygens (including phenoxy) is 1. The smallest absolute Gasteiger partial charge is 0.416 e. The van der Waals surface area contributed by atoms with Crippen molar-refractivity contribution in [3.63, 3.8) is 0 Å². The van der Waals surface area contributed by atoms with Crippen molar-refractivity contribution in [3.8, 4) is 0 Å². The minimum absolute atomic E-state index is 0.00229. The normalized spacial score (nSPS) is 13.0. The highest BCUT2D eigenvalue weighted by molar-refractivity contribution is 7.86. The van der Waals surface area contributed by atoms with Gasteiger partial charge in [0.2, 0.25) is 0 Å². The number of hydrogen-bond donors (Lipinski definition) is 0. The molecule has 0 heterocycles. The number of benzene rings is 2. The number of esters is 1. The van der Waals surface area contributed by atoms with E-state index in [2.05, 4.69) is 9.44 Å². The second-order valence-electron chi connectivity index (χ2n) is 6.57. The van der Waals surface area contributed by atoms with Crippen molar-refractivity contribution in [2.24, 2.45) is 5.16 Å². The van der Waals surface area contributed by atoms with Crippen LogP contribution < -0.4 is 0 Å². The van der Waals surface area contributed by atoms with Gasteiger partial charge >= 0.3 is 28.4 Å². The van der Waals surface area contributed by atoms with Crippen molar-refractivity contribution in [2.75, 3.05) is 6.61 Å². The minimum Gasteiger partial charge on any atom is -0.466 e. The largest absolute Gasteiger partial charge is 0.466 e. The molecule has 0 fully saturated rings. The number of carbonyl (C=O) groups excluding carboxylic acids is 1. The molecule has 0 radical (unpaired) electrons. The first-order chi connectivity index (χ1) is 15.2. The first kappa shape index (κ1) is 26.2. The van der Waals surface area contributed by atoms with Crippen LogP contribution in [0, 0.1) is 0 Å². The van der Waals surface area contributed by atoms with Gasteiger partial charge in [0.1, 0.15) is 4.90 Å². The molecule has 0 unspecified atom stereocenters. The topological polar surface area (TPSA) is 82.0 Å². The molecule has 180 valence electrons. The van der Waals surface area contributed by atoms with Crippen molar-refractivity contribution < 1.29 is 48.6 Å². The Balaban J connectivity index is 2.43. The van der Waals surface area contributed by atoms with E-state index in [0.717, 1.165) is 0 Å². The molecule has 6 nitrogen and oxygen atoms in total. The van der Waals surface area contributed by atoms with E-state index in [0.29, 0.717) is 5.56 Å². The van der Waals surface area contributed by atoms with Gasteiger partial charge in [-0.2, -0.15) is 34.8 Å². The van der Waals surface area contributed by atoms with Gasteiger partial charge in [0, 0.05) is 6.42 Å². The first-order valence-corrected chi connectivity index (χ1v) is 10.6. The van der Waals surface area contributed by atoms with Crippen LogP contribution in [0.5, 0.6) is 0 Å². The highest BCUT2D eigenvalue weighted by Gasteiger charge is 2.38. The molecular formula is C20H17F6NO5S. The third kappa shape index (κ3) is 7.77. The zero-order chi connectivity index (χ0) is 24.9. The van der Waals surface area contributed by atoms with Gasteiger partial charge in [0.15, 0.2) is 0 Å². The molecule has 0 aromatic heterocycles. The van der Waals surface area contributed by atoms with E-state index in [1.165, 1.54) is 6.92 Å². The van der Waals surface area contributed by atoms with Gasteiger partial charge < -0.3 is 4.74 Å². The molecule has 0 atom stereocenters. The Labute approximate surface area is 184 Å². The van der Waals surface area contributed by atoms with E-state index in [1.807, 2.05) is 0 Å². The molecular weight excluding hydrogens is 480 g/mol. The fourth-order valence-corrected chi connectivity index (χ4v) is 3.38. The predicted molar refractivity (Wildman–Crippen MR) is 104 cm³/mol. The summed E-state index contributed by atoms with van der Waals surface area (Å²) in [5, 5.41) is 3.34. The van der Waals surface area contributed by atoms with Gasteiger partial charge in [-0.15, -0.1) is 0 Å². The Morgan fingerprint density at radius 1 is 0.939 bits per heavy atom. The lowest BCUT2D eigenvalue weighted by Gasteiger charge is -2.14. The van der Waals surface area contributed by atoms with Crippen molar-refractivity contribution in [1.29, 1.82) is 0 Å². The lowest BCUT2D eigenvalue weighted by Crippen LogP contribution is -2.16. The Bertz CT molecular complexity index is 1080. The number of hydrogen-bond acceptors (Lipinski definition) is 6. The summed E-state index contributed by atoms with van der Waals surface area (Å²) in [6.45, 7) is 1.54. The van der Waals surface area contributed by atoms with E-state index >= 15 is 0 Å². The molecule has 13 heteroatoms. The van der Waals surface area contributed by atoms with Crippen LogP contribution in [0.4, 0.5) is 26.3 Å². The maximum Gasteiger partial charge on any atom is 0.416 e. The Morgan fingerprint density at radius 3 is 1.97 bits per heavy atom. The quantitative estimate of drug-likeness (QED) is 0.222. The Kier molecular flexibility index (Phi) is 8.11. The van der Waals surface area contributed by atoms with E-state index in [1.54, 1.807) is 30.3 Å². The van der Waals surface area contributed by atoms with Crippen molar-refractivity contribution >= 4 is 21.8 Å². The van der Waals surface area contributed by atoms with Gasteiger partial charge in [-0.3, -0.25) is 9.08 Å². The molecule has 0 aliphatic carbocycles. The lowest BCUT2D eigenvalue weighted by molar-refractivity contribution is -0.144. The highest BCUT2D eigenvalue weighted by Crippen LogP contribution is 2.37. The zero-order valence-electron chi connectivity index (χ0n) is 16.9. The van der Waals surface area contributed by atoms with Crippen LogP contribution >= 0.6 is 0 Å². The number of carbonyl (C=O) groups is 1. The summed E-state index contributed by atoms with van der Waals surface area (Å²) in [5.74, 6) is -0.786. The van der Waals surface area contributed by atoms with Crippen LogP contribution in [0.2, 0.25) is 0 Å². The molecule has 33 heavy (non-hydrogen) atoms. The third-order valence-electron chi connectivity index (χ3n) is 4.02. The summed E-state index contributed by atoms with van der Waals surface area (Å²) in [6.07, 6.45) is -11.1. The van der Waals surface area contributed by atoms with Crippen molar-refractivity contribution in [2.45, 2.75) is 37.0 Å². The standard InChI is InChI=1S/C20H17F6NO5S/c1-2-31-18(28)12-16(8-13-6-4-3-5-7-13)27-32-33(29,30)17-10-14(19(21,22)23)9-15(11-17)20(24,25)26/h3-7,9-11H,2,8,12H2,1H3/b27-16+. The number of halogens is 6. The SMILES string of the molecule is CCOC(=O)C/C(Cc1ccccc1)=N/OS(=O)(=O)c1cc(C(F)(F)F)cc(C(F)(F)F)c1. The fourth-order valence-electron chi connectivity index (χ4n) is 2.55. The molecule has 0 saturated carbocycles. The van der Waals surface area contributed by atoms with Crippen molar-refractivity contribution in [3.05, 3.63) is 65.2 Å². The highest BCUT2D eigenvalue weighted by atomic mass is 32.2. The average molecular weight is 497 g/mol. The van der Waals surface area contributed by atoms with E-state index in [9.17, 15) is 39.6 Å². The monoisotopic (exact) mass is 497 g/mol. The van der Waals surface area contributed by atoms with Crippen molar-refractivity contribution in [1.82, 2.24) is 0 Å². The molecule has 0 N–H and O–H groups in total. The molecule has 0 amide bonds. The van der Waals surface area contributed by atoms with Crippen LogP contribution in [0.3, 0.4) is 0 Å². The number of alkyl halides is 6. The van der Waals surface area contributed by atoms with Crippen LogP contribution in [0.1, 0.15) is 30.0 Å². The van der Waals surface area contributed by atoms with Crippen LogP contribution in [0.15, 0.2) is 58.6 Å².